The first kappa shape index (κ1) is 21.5. The summed E-state index contributed by atoms with van der Waals surface area (Å²) in [6.07, 6.45) is 0.315. The fraction of sp³-hybridized carbons (Fsp3) is 0.458. The van der Waals surface area contributed by atoms with E-state index in [1.54, 1.807) is 0 Å². The van der Waals surface area contributed by atoms with E-state index in [0.29, 0.717) is 19.7 Å². The molecule has 0 radical (unpaired) electrons. The minimum Gasteiger partial charge on any atom is -0.390 e. The Morgan fingerprint density at radius 2 is 1.86 bits per heavy atom. The Morgan fingerprint density at radius 1 is 1.14 bits per heavy atom. The molecule has 0 aliphatic carbocycles. The van der Waals surface area contributed by atoms with Crippen LogP contribution in [-0.2, 0) is 16.1 Å². The highest BCUT2D eigenvalue weighted by atomic mass is 16.6. The van der Waals surface area contributed by atoms with E-state index in [-0.39, 0.29) is 12.2 Å². The summed E-state index contributed by atoms with van der Waals surface area (Å²) in [5.41, 5.74) is 4.56. The van der Waals surface area contributed by atoms with Crippen molar-refractivity contribution in [3.63, 3.8) is 0 Å². The third kappa shape index (κ3) is 6.67. The lowest BCUT2D eigenvalue weighted by atomic mass is 10.00. The number of rotatable bonds is 10. The summed E-state index contributed by atoms with van der Waals surface area (Å²) in [6.45, 7) is 8.36. The van der Waals surface area contributed by atoms with Crippen molar-refractivity contribution in [1.29, 1.82) is 0 Å². The van der Waals surface area contributed by atoms with Gasteiger partial charge in [0, 0.05) is 31.6 Å². The Labute approximate surface area is 173 Å². The number of aliphatic hydroxyl groups is 1. The molecule has 29 heavy (non-hydrogen) atoms. The Balaban J connectivity index is 1.61. The van der Waals surface area contributed by atoms with Gasteiger partial charge in [0.25, 0.3) is 0 Å². The molecule has 0 amide bonds. The zero-order chi connectivity index (χ0) is 20.6. The van der Waals surface area contributed by atoms with Gasteiger partial charge in [-0.05, 0) is 31.9 Å². The van der Waals surface area contributed by atoms with Crippen molar-refractivity contribution in [3.8, 4) is 0 Å². The summed E-state index contributed by atoms with van der Waals surface area (Å²) in [5.74, 6) is 0. The second-order valence-corrected chi connectivity index (χ2v) is 8.00. The number of nitrogens with zero attached hydrogens (tertiary/aromatic N) is 2. The molecule has 1 heterocycles. The van der Waals surface area contributed by atoms with E-state index in [1.807, 2.05) is 44.2 Å². The van der Waals surface area contributed by atoms with Gasteiger partial charge in [0.05, 0.1) is 24.5 Å². The smallest absolute Gasteiger partial charge is 0.145 e. The maximum absolute atomic E-state index is 10.5. The molecule has 1 aliphatic heterocycles. The number of hydrogen-bond donors (Lipinski definition) is 1. The Kier molecular flexibility index (Phi) is 7.81. The van der Waals surface area contributed by atoms with Crippen molar-refractivity contribution in [2.45, 2.75) is 52.0 Å². The van der Waals surface area contributed by atoms with Gasteiger partial charge in [0.15, 0.2) is 0 Å². The van der Waals surface area contributed by atoms with Gasteiger partial charge >= 0.3 is 0 Å². The van der Waals surface area contributed by atoms with Crippen molar-refractivity contribution in [3.05, 3.63) is 71.3 Å². The van der Waals surface area contributed by atoms with E-state index in [2.05, 4.69) is 41.2 Å². The highest BCUT2D eigenvalue weighted by Crippen LogP contribution is 2.21. The van der Waals surface area contributed by atoms with Gasteiger partial charge in [0.2, 0.25) is 0 Å². The minimum absolute atomic E-state index is 0.0217. The van der Waals surface area contributed by atoms with Crippen LogP contribution in [0.2, 0.25) is 0 Å². The van der Waals surface area contributed by atoms with Gasteiger partial charge in [-0.15, -0.1) is 0 Å². The number of hydrogen-bond acceptors (Lipinski definition) is 5. The maximum Gasteiger partial charge on any atom is 0.145 e. The Hall–Kier alpha value is -2.21. The Morgan fingerprint density at radius 3 is 2.59 bits per heavy atom. The molecule has 1 N–H and O–H groups in total. The molecule has 1 aliphatic rings. The number of aliphatic hydroxyl groups excluding tert-OH is 1. The summed E-state index contributed by atoms with van der Waals surface area (Å²) in [6, 6.07) is 18.6. The van der Waals surface area contributed by atoms with E-state index < -0.39 is 6.10 Å². The largest absolute Gasteiger partial charge is 0.390 e. The first-order valence-electron chi connectivity index (χ1n) is 10.4. The second-order valence-electron chi connectivity index (χ2n) is 8.00. The molecule has 0 saturated carbocycles. The third-order valence-corrected chi connectivity index (χ3v) is 4.99. The van der Waals surface area contributed by atoms with E-state index in [9.17, 15) is 5.11 Å². The normalized spacial score (nSPS) is 17.4. The van der Waals surface area contributed by atoms with Crippen molar-refractivity contribution in [1.82, 2.24) is 4.90 Å². The summed E-state index contributed by atoms with van der Waals surface area (Å²) in [4.78, 5) is 7.98. The first-order valence-corrected chi connectivity index (χ1v) is 10.4. The van der Waals surface area contributed by atoms with Crippen LogP contribution in [0.1, 0.15) is 37.0 Å². The molecule has 2 aromatic rings. The van der Waals surface area contributed by atoms with Crippen LogP contribution in [0.4, 0.5) is 0 Å². The van der Waals surface area contributed by atoms with Crippen LogP contribution in [0.5, 0.6) is 0 Å². The quantitative estimate of drug-likeness (QED) is 0.664. The molecule has 3 rings (SSSR count). The average Bonchev–Trinajstić information content (AvgIpc) is 3.15. The van der Waals surface area contributed by atoms with Gasteiger partial charge in [-0.3, -0.25) is 4.90 Å². The molecule has 5 nitrogen and oxygen atoms in total. The second kappa shape index (κ2) is 10.5. The number of benzene rings is 2. The molecule has 5 heteroatoms. The standard InChI is InChI=1S/C24H32N2O3/c1-18(2)28-17-21(27)15-26(14-20-10-5-4-6-11-20)16-22-13-24(25-29-22)23-12-8-7-9-19(23)3/h4-12,18,21-22,27H,13-17H2,1-3H3/t21-,22-/m1/s1. The molecule has 0 bridgehead atoms. The zero-order valence-corrected chi connectivity index (χ0v) is 17.6. The van der Waals surface area contributed by atoms with Gasteiger partial charge < -0.3 is 14.7 Å². The van der Waals surface area contributed by atoms with Crippen LogP contribution in [0, 0.1) is 6.92 Å². The number of oxime groups is 1. The predicted molar refractivity (Wildman–Crippen MR) is 116 cm³/mol. The lowest BCUT2D eigenvalue weighted by molar-refractivity contribution is -0.0194. The third-order valence-electron chi connectivity index (χ3n) is 4.99. The van der Waals surface area contributed by atoms with E-state index in [4.69, 9.17) is 9.57 Å². The molecule has 0 spiro atoms. The lowest BCUT2D eigenvalue weighted by Crippen LogP contribution is -2.39. The maximum atomic E-state index is 10.5. The monoisotopic (exact) mass is 396 g/mol. The number of aryl methyl sites for hydroxylation is 1. The molecule has 0 unspecified atom stereocenters. The molecule has 0 fully saturated rings. The van der Waals surface area contributed by atoms with Crippen LogP contribution < -0.4 is 0 Å². The summed E-state index contributed by atoms with van der Waals surface area (Å²) in [7, 11) is 0. The Bertz CT molecular complexity index is 792. The van der Waals surface area contributed by atoms with Gasteiger partial charge in [-0.25, -0.2) is 0 Å². The lowest BCUT2D eigenvalue weighted by Gasteiger charge is -2.27. The van der Waals surface area contributed by atoms with Crippen LogP contribution in [-0.4, -0.2) is 53.7 Å². The molecule has 0 aromatic heterocycles. The van der Waals surface area contributed by atoms with Gasteiger partial charge in [0.1, 0.15) is 6.10 Å². The van der Waals surface area contributed by atoms with Crippen LogP contribution >= 0.6 is 0 Å². The highest BCUT2D eigenvalue weighted by molar-refractivity contribution is 6.02. The van der Waals surface area contributed by atoms with Crippen molar-refractivity contribution < 1.29 is 14.7 Å². The molecule has 2 aromatic carbocycles. The average molecular weight is 397 g/mol. The summed E-state index contributed by atoms with van der Waals surface area (Å²) in [5, 5.41) is 14.8. The molecular formula is C24H32N2O3. The minimum atomic E-state index is -0.542. The van der Waals surface area contributed by atoms with E-state index in [1.165, 1.54) is 11.1 Å². The zero-order valence-electron chi connectivity index (χ0n) is 17.6. The van der Waals surface area contributed by atoms with E-state index in [0.717, 1.165) is 24.2 Å². The highest BCUT2D eigenvalue weighted by Gasteiger charge is 2.26. The molecular weight excluding hydrogens is 364 g/mol. The molecule has 156 valence electrons. The molecule has 2 atom stereocenters. The van der Waals surface area contributed by atoms with Crippen LogP contribution in [0.25, 0.3) is 0 Å². The predicted octanol–water partition coefficient (Wildman–Crippen LogP) is 3.78. The fourth-order valence-electron chi connectivity index (χ4n) is 3.57. The van der Waals surface area contributed by atoms with Crippen LogP contribution in [0.3, 0.4) is 0 Å². The first-order chi connectivity index (χ1) is 14.0. The topological polar surface area (TPSA) is 54.3 Å². The number of ether oxygens (including phenoxy) is 1. The van der Waals surface area contributed by atoms with Crippen molar-refractivity contribution >= 4 is 5.71 Å². The van der Waals surface area contributed by atoms with Gasteiger partial charge in [-0.2, -0.15) is 0 Å². The summed E-state index contributed by atoms with van der Waals surface area (Å²) < 4.78 is 5.58. The van der Waals surface area contributed by atoms with E-state index >= 15 is 0 Å². The van der Waals surface area contributed by atoms with Crippen molar-refractivity contribution in [2.75, 3.05) is 19.7 Å². The molecule has 0 saturated heterocycles. The SMILES string of the molecule is Cc1ccccc1C1=NO[C@@H](CN(Cc2ccccc2)C[C@@H](O)COC(C)C)C1. The summed E-state index contributed by atoms with van der Waals surface area (Å²) >= 11 is 0. The van der Waals surface area contributed by atoms with Crippen LogP contribution in [0.15, 0.2) is 59.8 Å². The fourth-order valence-corrected chi connectivity index (χ4v) is 3.57. The van der Waals surface area contributed by atoms with Crippen molar-refractivity contribution in [2.24, 2.45) is 5.16 Å². The van der Waals surface area contributed by atoms with Gasteiger partial charge in [-0.1, -0.05) is 59.8 Å².